The number of methoxy groups -OCH3 is 1. The van der Waals surface area contributed by atoms with E-state index in [0.717, 1.165) is 17.0 Å². The first-order valence-corrected chi connectivity index (χ1v) is 11.1. The minimum Gasteiger partial charge on any atom is -0.497 e. The Hall–Kier alpha value is -2.69. The predicted molar refractivity (Wildman–Crippen MR) is 113 cm³/mol. The Kier molecular flexibility index (Phi) is 4.95. The molecule has 1 unspecified atom stereocenters. The number of aryl methyl sites for hydroxylation is 1. The molecule has 2 aromatic heterocycles. The van der Waals surface area contributed by atoms with E-state index >= 15 is 0 Å². The maximum absolute atomic E-state index is 13.2. The van der Waals surface area contributed by atoms with Gasteiger partial charge in [-0.05, 0) is 31.0 Å². The van der Waals surface area contributed by atoms with E-state index < -0.39 is 15.6 Å². The van der Waals surface area contributed by atoms with Crippen molar-refractivity contribution in [3.8, 4) is 5.75 Å². The number of benzene rings is 1. The van der Waals surface area contributed by atoms with Gasteiger partial charge in [-0.1, -0.05) is 19.1 Å². The summed E-state index contributed by atoms with van der Waals surface area (Å²) in [6.45, 7) is 4.83. The van der Waals surface area contributed by atoms with E-state index in [2.05, 4.69) is 4.98 Å². The van der Waals surface area contributed by atoms with Gasteiger partial charge in [0.2, 0.25) is 0 Å². The van der Waals surface area contributed by atoms with Crippen molar-refractivity contribution in [1.29, 1.82) is 0 Å². The predicted octanol–water partition coefficient (Wildman–Crippen LogP) is 1.03. The minimum absolute atomic E-state index is 0.144. The van der Waals surface area contributed by atoms with Crippen molar-refractivity contribution >= 4 is 15.7 Å². The van der Waals surface area contributed by atoms with Crippen LogP contribution in [0.2, 0.25) is 0 Å². The molecule has 3 heterocycles. The number of imidazole rings is 1. The van der Waals surface area contributed by atoms with E-state index in [0.29, 0.717) is 30.9 Å². The largest absolute Gasteiger partial charge is 0.497 e. The Morgan fingerprint density at radius 2 is 1.97 bits per heavy atom. The van der Waals surface area contributed by atoms with Crippen LogP contribution in [0.4, 0.5) is 0 Å². The van der Waals surface area contributed by atoms with E-state index in [1.807, 2.05) is 44.3 Å². The fourth-order valence-electron chi connectivity index (χ4n) is 4.08. The lowest BCUT2D eigenvalue weighted by Crippen LogP contribution is -2.38. The first kappa shape index (κ1) is 20.6. The van der Waals surface area contributed by atoms with E-state index in [1.54, 1.807) is 22.3 Å². The van der Waals surface area contributed by atoms with Crippen LogP contribution in [0.25, 0.3) is 5.52 Å². The summed E-state index contributed by atoms with van der Waals surface area (Å²) in [4.78, 5) is 17.7. The van der Waals surface area contributed by atoms with Crippen molar-refractivity contribution in [1.82, 2.24) is 18.3 Å². The molecule has 0 amide bonds. The highest BCUT2D eigenvalue weighted by molar-refractivity contribution is 7.86. The highest BCUT2D eigenvalue weighted by Gasteiger charge is 2.42. The van der Waals surface area contributed by atoms with Crippen molar-refractivity contribution in [3.63, 3.8) is 0 Å². The molecular formula is C20H25N5O4S. The summed E-state index contributed by atoms with van der Waals surface area (Å²) in [6, 6.07) is 7.59. The highest BCUT2D eigenvalue weighted by Crippen LogP contribution is 2.34. The molecule has 3 aromatic rings. The number of ether oxygens (including phenoxy) is 1. The fourth-order valence-corrected chi connectivity index (χ4v) is 4.89. The molecule has 30 heavy (non-hydrogen) atoms. The monoisotopic (exact) mass is 431 g/mol. The van der Waals surface area contributed by atoms with Crippen LogP contribution in [0.1, 0.15) is 30.4 Å². The molecule has 2 N–H and O–H groups in total. The number of nitrogens with two attached hydrogens (primary N) is 1. The van der Waals surface area contributed by atoms with Crippen molar-refractivity contribution in [2.45, 2.75) is 32.2 Å². The van der Waals surface area contributed by atoms with Crippen LogP contribution in [0.3, 0.4) is 0 Å². The molecular weight excluding hydrogens is 406 g/mol. The minimum atomic E-state index is -3.76. The molecule has 1 fully saturated rings. The lowest BCUT2D eigenvalue weighted by atomic mass is 9.89. The van der Waals surface area contributed by atoms with Gasteiger partial charge in [-0.25, -0.2) is 10.1 Å². The van der Waals surface area contributed by atoms with E-state index in [9.17, 15) is 13.2 Å². The number of nitrogens with zero attached hydrogens (tertiary/aromatic N) is 4. The van der Waals surface area contributed by atoms with Crippen molar-refractivity contribution in [2.75, 3.05) is 20.2 Å². The van der Waals surface area contributed by atoms with Gasteiger partial charge in [0, 0.05) is 30.4 Å². The summed E-state index contributed by atoms with van der Waals surface area (Å²) in [5, 5.41) is 5.30. The number of aromatic nitrogens is 3. The van der Waals surface area contributed by atoms with E-state index in [1.165, 1.54) is 4.31 Å². The van der Waals surface area contributed by atoms with Gasteiger partial charge in [-0.15, -0.1) is 0 Å². The second-order valence-corrected chi connectivity index (χ2v) is 9.58. The zero-order valence-corrected chi connectivity index (χ0v) is 18.0. The topological polar surface area (TPSA) is 112 Å². The zero-order valence-electron chi connectivity index (χ0n) is 17.2. The van der Waals surface area contributed by atoms with Crippen molar-refractivity contribution in [3.05, 3.63) is 64.1 Å². The second-order valence-electron chi connectivity index (χ2n) is 8.04. The first-order valence-electron chi connectivity index (χ1n) is 9.61. The highest BCUT2D eigenvalue weighted by atomic mass is 32.2. The molecule has 1 atom stereocenters. The van der Waals surface area contributed by atoms with Gasteiger partial charge in [0.05, 0.1) is 19.9 Å². The Bertz CT molecular complexity index is 1260. The van der Waals surface area contributed by atoms with Gasteiger partial charge in [-0.3, -0.25) is 9.20 Å². The molecule has 10 heteroatoms. The molecule has 160 valence electrons. The summed E-state index contributed by atoms with van der Waals surface area (Å²) in [5.74, 6) is 1.43. The average molecular weight is 432 g/mol. The molecule has 0 bridgehead atoms. The molecule has 4 rings (SSSR count). The summed E-state index contributed by atoms with van der Waals surface area (Å²) < 4.78 is 33.4. The summed E-state index contributed by atoms with van der Waals surface area (Å²) >= 11 is 0. The van der Waals surface area contributed by atoms with Gasteiger partial charge in [-0.2, -0.15) is 12.7 Å². The molecule has 0 saturated carbocycles. The van der Waals surface area contributed by atoms with Crippen molar-refractivity contribution in [2.24, 2.45) is 5.14 Å². The van der Waals surface area contributed by atoms with Crippen LogP contribution < -0.4 is 15.4 Å². The fraction of sp³-hybridized carbons (Fsp3) is 0.400. The maximum Gasteiger partial charge on any atom is 0.276 e. The van der Waals surface area contributed by atoms with Gasteiger partial charge >= 0.3 is 0 Å². The van der Waals surface area contributed by atoms with Gasteiger partial charge in [0.15, 0.2) is 0 Å². The average Bonchev–Trinajstić information content (AvgIpc) is 3.30. The van der Waals surface area contributed by atoms with E-state index in [-0.39, 0.29) is 12.1 Å². The smallest absolute Gasteiger partial charge is 0.276 e. The number of hydrogen-bond acceptors (Lipinski definition) is 5. The maximum atomic E-state index is 13.2. The van der Waals surface area contributed by atoms with Crippen LogP contribution in [0.5, 0.6) is 5.75 Å². The van der Waals surface area contributed by atoms with Crippen LogP contribution >= 0.6 is 0 Å². The van der Waals surface area contributed by atoms with Crippen LogP contribution in [0, 0.1) is 6.92 Å². The van der Waals surface area contributed by atoms with Crippen LogP contribution in [-0.2, 0) is 22.2 Å². The number of rotatable bonds is 5. The lowest BCUT2D eigenvalue weighted by molar-refractivity contribution is 0.414. The molecule has 0 radical (unpaired) electrons. The number of hydrogen-bond donors (Lipinski definition) is 1. The standard InChI is InChI=1S/C20H25N5O4S/c1-14-11-25-17(18(26)24(14)12-15-4-6-16(29-3)7-5-15)10-22-19(25)20(2)8-9-23(13-20)30(21,27)28/h4-7,10-11H,8-9,12-13H2,1-3H3,(H2,21,27,28). The lowest BCUT2D eigenvalue weighted by Gasteiger charge is -2.23. The normalized spacial score (nSPS) is 20.1. The molecule has 0 aliphatic carbocycles. The molecule has 0 spiro atoms. The Morgan fingerprint density at radius 1 is 1.27 bits per heavy atom. The van der Waals surface area contributed by atoms with Crippen LogP contribution in [-0.4, -0.2) is 46.9 Å². The molecule has 9 nitrogen and oxygen atoms in total. The molecule has 1 saturated heterocycles. The Morgan fingerprint density at radius 3 is 2.57 bits per heavy atom. The Labute approximate surface area is 174 Å². The third kappa shape index (κ3) is 3.51. The third-order valence-electron chi connectivity index (χ3n) is 5.84. The third-order valence-corrected chi connectivity index (χ3v) is 6.87. The van der Waals surface area contributed by atoms with Gasteiger partial charge < -0.3 is 9.30 Å². The van der Waals surface area contributed by atoms with Crippen LogP contribution in [0.15, 0.2) is 41.5 Å². The summed E-state index contributed by atoms with van der Waals surface area (Å²) in [6.07, 6.45) is 4.02. The van der Waals surface area contributed by atoms with Gasteiger partial charge in [0.1, 0.15) is 17.1 Å². The summed E-state index contributed by atoms with van der Waals surface area (Å²) in [5.41, 5.74) is 1.55. The first-order chi connectivity index (χ1) is 14.1. The molecule has 1 aliphatic heterocycles. The van der Waals surface area contributed by atoms with Crippen molar-refractivity contribution < 1.29 is 13.2 Å². The number of fused-ring (bicyclic) bond motifs is 1. The Balaban J connectivity index is 1.72. The van der Waals surface area contributed by atoms with E-state index in [4.69, 9.17) is 9.88 Å². The SMILES string of the molecule is COc1ccc(Cn2c(C)cn3c(C4(C)CCN(S(N)(=O)=O)C4)ncc3c2=O)cc1. The molecule has 1 aliphatic rings. The quantitative estimate of drug-likeness (QED) is 0.648. The van der Waals surface area contributed by atoms with Gasteiger partial charge in [0.25, 0.3) is 15.8 Å². The summed E-state index contributed by atoms with van der Waals surface area (Å²) in [7, 11) is -2.15. The zero-order chi connectivity index (χ0) is 21.7. The second kappa shape index (κ2) is 7.22. The molecule has 1 aromatic carbocycles.